The fourth-order valence-electron chi connectivity index (χ4n) is 5.79. The van der Waals surface area contributed by atoms with Gasteiger partial charge in [-0.3, -0.25) is 9.80 Å². The Labute approximate surface area is 269 Å². The van der Waals surface area contributed by atoms with E-state index in [4.69, 9.17) is 33.2 Å². The Balaban J connectivity index is 1.32. The zero-order chi connectivity index (χ0) is 30.3. The van der Waals surface area contributed by atoms with Gasteiger partial charge in [0.2, 0.25) is 0 Å². The van der Waals surface area contributed by atoms with Crippen molar-refractivity contribution >= 4 is 59.0 Å². The normalized spacial score (nSPS) is 16.0. The average Bonchev–Trinajstić information content (AvgIpc) is 3.74. The number of phenols is 1. The first kappa shape index (κ1) is 30.4. The first-order chi connectivity index (χ1) is 21.5. The molecule has 2 aliphatic rings. The molecule has 0 radical (unpaired) electrons. The number of aromatic hydroxyl groups is 1. The molecule has 0 bridgehead atoms. The maximum Gasteiger partial charge on any atom is 0.154 e. The van der Waals surface area contributed by atoms with Gasteiger partial charge in [-0.25, -0.2) is 9.97 Å². The van der Waals surface area contributed by atoms with Crippen LogP contribution in [-0.2, 0) is 13.1 Å². The molecular weight excluding hydrogens is 589 g/mol. The highest BCUT2D eigenvalue weighted by atomic mass is 35.5. The van der Waals surface area contributed by atoms with Crippen molar-refractivity contribution in [3.63, 3.8) is 0 Å². The first-order valence-corrected chi connectivity index (χ1v) is 16.1. The van der Waals surface area contributed by atoms with Gasteiger partial charge in [-0.15, -0.1) is 0 Å². The lowest BCUT2D eigenvalue weighted by molar-refractivity contribution is 0.312. The summed E-state index contributed by atoms with van der Waals surface area (Å²) in [5.74, 6) is 1.67. The van der Waals surface area contributed by atoms with Gasteiger partial charge in [0.1, 0.15) is 11.6 Å². The Morgan fingerprint density at radius 1 is 0.659 bits per heavy atom. The van der Waals surface area contributed by atoms with Crippen LogP contribution in [0.2, 0.25) is 10.0 Å². The van der Waals surface area contributed by atoms with Crippen LogP contribution in [0.1, 0.15) is 59.5 Å². The summed E-state index contributed by atoms with van der Waals surface area (Å²) in [6.07, 6.45) is 12.7. The number of nitrogens with one attached hydrogen (secondary N) is 1. The van der Waals surface area contributed by atoms with Gasteiger partial charge < -0.3 is 10.4 Å². The first-order valence-electron chi connectivity index (χ1n) is 15.3. The van der Waals surface area contributed by atoms with Gasteiger partial charge in [0, 0.05) is 46.0 Å². The molecule has 6 rings (SSSR count). The molecule has 6 nitrogen and oxygen atoms in total. The van der Waals surface area contributed by atoms with Gasteiger partial charge in [-0.05, 0) is 112 Å². The van der Waals surface area contributed by atoms with Crippen molar-refractivity contribution in [3.05, 3.63) is 111 Å². The third-order valence-corrected chi connectivity index (χ3v) is 8.60. The summed E-state index contributed by atoms with van der Waals surface area (Å²) >= 11 is 12.2. The molecule has 0 saturated carbocycles. The van der Waals surface area contributed by atoms with E-state index in [0.29, 0.717) is 27.4 Å². The average molecular weight is 627 g/mol. The van der Waals surface area contributed by atoms with Crippen molar-refractivity contribution < 1.29 is 5.11 Å². The van der Waals surface area contributed by atoms with Gasteiger partial charge in [-0.2, -0.15) is 0 Å². The SMILES string of the molecule is Oc1c(CN2CCCC2)cc(Nc2cc(/C=C\c3ccc(Cl)cc3)nc(/C=C/c3ccc(Cl)cc3)n2)cc1CN1CCCC1. The Morgan fingerprint density at radius 2 is 1.16 bits per heavy atom. The van der Waals surface area contributed by atoms with Crippen molar-refractivity contribution in [3.8, 4) is 5.75 Å². The third-order valence-electron chi connectivity index (χ3n) is 8.10. The molecule has 3 heterocycles. The molecular formula is C36H37Cl2N5O. The zero-order valence-corrected chi connectivity index (χ0v) is 26.2. The maximum atomic E-state index is 11.3. The summed E-state index contributed by atoms with van der Waals surface area (Å²) in [5.41, 5.74) is 5.60. The molecule has 0 atom stereocenters. The van der Waals surface area contributed by atoms with Crippen molar-refractivity contribution in [2.45, 2.75) is 38.8 Å². The number of benzene rings is 3. The lowest BCUT2D eigenvalue weighted by Crippen LogP contribution is -2.20. The van der Waals surface area contributed by atoms with Crippen LogP contribution in [0.15, 0.2) is 66.7 Å². The number of anilines is 2. The van der Waals surface area contributed by atoms with E-state index >= 15 is 0 Å². The Kier molecular flexibility index (Phi) is 9.93. The fraction of sp³-hybridized carbons (Fsp3) is 0.278. The van der Waals surface area contributed by atoms with Crippen molar-refractivity contribution in [1.82, 2.24) is 19.8 Å². The van der Waals surface area contributed by atoms with Crippen LogP contribution >= 0.6 is 23.2 Å². The lowest BCUT2D eigenvalue weighted by atomic mass is 10.1. The number of hydrogen-bond acceptors (Lipinski definition) is 6. The molecule has 2 saturated heterocycles. The highest BCUT2D eigenvalue weighted by Gasteiger charge is 2.20. The molecule has 0 spiro atoms. The number of halogens is 2. The highest BCUT2D eigenvalue weighted by Crippen LogP contribution is 2.32. The van der Waals surface area contributed by atoms with Gasteiger partial charge in [-0.1, -0.05) is 59.6 Å². The van der Waals surface area contributed by atoms with Gasteiger partial charge in [0.15, 0.2) is 5.82 Å². The van der Waals surface area contributed by atoms with Crippen LogP contribution in [0.5, 0.6) is 5.75 Å². The quantitative estimate of drug-likeness (QED) is 0.172. The van der Waals surface area contributed by atoms with Crippen LogP contribution in [-0.4, -0.2) is 51.1 Å². The van der Waals surface area contributed by atoms with Crippen molar-refractivity contribution in [2.24, 2.45) is 0 Å². The monoisotopic (exact) mass is 625 g/mol. The van der Waals surface area contributed by atoms with E-state index in [-0.39, 0.29) is 0 Å². The van der Waals surface area contributed by atoms with E-state index in [0.717, 1.165) is 72.9 Å². The molecule has 1 aromatic heterocycles. The largest absolute Gasteiger partial charge is 0.507 e. The summed E-state index contributed by atoms with van der Waals surface area (Å²) in [5, 5.41) is 16.3. The van der Waals surface area contributed by atoms with Crippen molar-refractivity contribution in [2.75, 3.05) is 31.5 Å². The van der Waals surface area contributed by atoms with E-state index in [1.165, 1.54) is 25.7 Å². The summed E-state index contributed by atoms with van der Waals surface area (Å²) < 4.78 is 0. The number of hydrogen-bond donors (Lipinski definition) is 2. The van der Waals surface area contributed by atoms with Crippen LogP contribution < -0.4 is 5.32 Å². The summed E-state index contributed by atoms with van der Waals surface area (Å²) in [7, 11) is 0. The molecule has 0 unspecified atom stereocenters. The number of rotatable bonds is 10. The summed E-state index contributed by atoms with van der Waals surface area (Å²) in [6, 6.07) is 21.4. The highest BCUT2D eigenvalue weighted by molar-refractivity contribution is 6.30. The molecule has 2 fully saturated rings. The summed E-state index contributed by atoms with van der Waals surface area (Å²) in [6.45, 7) is 5.74. The smallest absolute Gasteiger partial charge is 0.154 e. The lowest BCUT2D eigenvalue weighted by Gasteiger charge is -2.21. The van der Waals surface area contributed by atoms with E-state index in [9.17, 15) is 5.11 Å². The predicted octanol–water partition coefficient (Wildman–Crippen LogP) is 8.77. The van der Waals surface area contributed by atoms with Crippen LogP contribution in [0, 0.1) is 0 Å². The maximum absolute atomic E-state index is 11.3. The minimum atomic E-state index is 0.412. The number of phenolic OH excluding ortho intramolecular Hbond substituents is 1. The molecule has 2 aliphatic heterocycles. The predicted molar refractivity (Wildman–Crippen MR) is 183 cm³/mol. The topological polar surface area (TPSA) is 64.5 Å². The molecule has 4 aromatic rings. The van der Waals surface area contributed by atoms with Crippen LogP contribution in [0.3, 0.4) is 0 Å². The molecule has 0 amide bonds. The molecule has 2 N–H and O–H groups in total. The second-order valence-electron chi connectivity index (χ2n) is 11.5. The standard InChI is InChI=1S/C36H37Cl2N5O/c37-30-11-5-26(6-12-30)9-15-32-23-35(41-34(39-32)16-10-27-7-13-31(38)14-8-27)40-33-21-28(24-42-17-1-2-18-42)36(44)29(22-33)25-43-19-3-4-20-43/h5-16,21-23,44H,1-4,17-20,24-25H2,(H,39,40,41)/b15-9-,16-10+. The molecule has 44 heavy (non-hydrogen) atoms. The van der Waals surface area contributed by atoms with Crippen LogP contribution in [0.4, 0.5) is 11.5 Å². The minimum Gasteiger partial charge on any atom is -0.507 e. The number of likely N-dealkylation sites (tertiary alicyclic amines) is 2. The Hall–Kier alpha value is -3.68. The Bertz CT molecular complexity index is 1510. The van der Waals surface area contributed by atoms with Gasteiger partial charge in [0.25, 0.3) is 0 Å². The van der Waals surface area contributed by atoms with Crippen molar-refractivity contribution in [1.29, 1.82) is 0 Å². The number of nitrogens with zero attached hydrogens (tertiary/aromatic N) is 4. The molecule has 8 heteroatoms. The second-order valence-corrected chi connectivity index (χ2v) is 12.4. The van der Waals surface area contributed by atoms with E-state index in [1.807, 2.05) is 78.9 Å². The molecule has 3 aromatic carbocycles. The van der Waals surface area contributed by atoms with E-state index in [1.54, 1.807) is 0 Å². The number of aromatic nitrogens is 2. The zero-order valence-electron chi connectivity index (χ0n) is 24.7. The minimum absolute atomic E-state index is 0.412. The van der Waals surface area contributed by atoms with Gasteiger partial charge in [0.05, 0.1) is 5.69 Å². The Morgan fingerprint density at radius 3 is 1.68 bits per heavy atom. The second kappa shape index (κ2) is 14.4. The van der Waals surface area contributed by atoms with Crippen LogP contribution in [0.25, 0.3) is 24.3 Å². The summed E-state index contributed by atoms with van der Waals surface area (Å²) in [4.78, 5) is 14.5. The van der Waals surface area contributed by atoms with Gasteiger partial charge >= 0.3 is 0 Å². The molecule has 0 aliphatic carbocycles. The molecule has 226 valence electrons. The van der Waals surface area contributed by atoms with E-state index < -0.39 is 0 Å². The third kappa shape index (κ3) is 8.27. The fourth-order valence-corrected chi connectivity index (χ4v) is 6.05. The van der Waals surface area contributed by atoms with E-state index in [2.05, 4.69) is 27.2 Å².